The standard InChI is InChI=1S/C21H25N5O/c27-21(24-13-17-7-4-9-22-12-17)18-11-19-20(23-14-18)26(15-25-19)10-8-16-5-2-1-3-6-16/h1-3,5-6,11,14-15,17,22H,4,7-10,12-13H2,(H,24,27). The van der Waals surface area contributed by atoms with E-state index in [2.05, 4.69) is 32.7 Å². The Morgan fingerprint density at radius 1 is 1.26 bits per heavy atom. The van der Waals surface area contributed by atoms with Crippen LogP contribution in [0, 0.1) is 5.92 Å². The number of piperidine rings is 1. The Bertz CT molecular complexity index is 899. The van der Waals surface area contributed by atoms with Crippen molar-refractivity contribution in [3.63, 3.8) is 0 Å². The molecule has 1 amide bonds. The van der Waals surface area contributed by atoms with E-state index in [1.807, 2.05) is 28.8 Å². The second-order valence-electron chi connectivity index (χ2n) is 7.16. The molecule has 1 aliphatic heterocycles. The van der Waals surface area contributed by atoms with Crippen molar-refractivity contribution >= 4 is 17.1 Å². The highest BCUT2D eigenvalue weighted by molar-refractivity contribution is 5.96. The van der Waals surface area contributed by atoms with Crippen molar-refractivity contribution < 1.29 is 4.79 Å². The molecule has 1 unspecified atom stereocenters. The number of benzene rings is 1. The minimum Gasteiger partial charge on any atom is -0.352 e. The monoisotopic (exact) mass is 363 g/mol. The average molecular weight is 363 g/mol. The van der Waals surface area contributed by atoms with Crippen LogP contribution in [0.25, 0.3) is 11.2 Å². The van der Waals surface area contributed by atoms with Crippen LogP contribution in [0.1, 0.15) is 28.8 Å². The fourth-order valence-corrected chi connectivity index (χ4v) is 3.57. The highest BCUT2D eigenvalue weighted by Gasteiger charge is 2.15. The van der Waals surface area contributed by atoms with Gasteiger partial charge in [0.2, 0.25) is 0 Å². The van der Waals surface area contributed by atoms with Gasteiger partial charge in [0.1, 0.15) is 5.52 Å². The lowest BCUT2D eigenvalue weighted by Crippen LogP contribution is -2.38. The van der Waals surface area contributed by atoms with Crippen molar-refractivity contribution in [3.05, 3.63) is 60.0 Å². The van der Waals surface area contributed by atoms with Gasteiger partial charge in [-0.3, -0.25) is 4.79 Å². The number of nitrogens with one attached hydrogen (secondary N) is 2. The molecule has 1 saturated heterocycles. The molecule has 6 nitrogen and oxygen atoms in total. The molecule has 6 heteroatoms. The van der Waals surface area contributed by atoms with Crippen molar-refractivity contribution in [1.29, 1.82) is 0 Å². The number of imidazole rings is 1. The number of nitrogens with zero attached hydrogens (tertiary/aromatic N) is 3. The SMILES string of the molecule is O=C(NCC1CCCNC1)c1cnc2c(c1)ncn2CCc1ccccc1. The molecule has 1 fully saturated rings. The van der Waals surface area contributed by atoms with Gasteiger partial charge in [-0.05, 0) is 49.9 Å². The van der Waals surface area contributed by atoms with Crippen LogP contribution in [0.4, 0.5) is 0 Å². The Labute approximate surface area is 159 Å². The molecule has 3 heterocycles. The Morgan fingerprint density at radius 2 is 2.15 bits per heavy atom. The van der Waals surface area contributed by atoms with E-state index in [9.17, 15) is 4.79 Å². The predicted octanol–water partition coefficient (Wildman–Crippen LogP) is 2.40. The van der Waals surface area contributed by atoms with Crippen molar-refractivity contribution in [1.82, 2.24) is 25.2 Å². The highest BCUT2D eigenvalue weighted by atomic mass is 16.1. The molecule has 0 aliphatic carbocycles. The molecule has 0 radical (unpaired) electrons. The minimum atomic E-state index is -0.0752. The van der Waals surface area contributed by atoms with Gasteiger partial charge in [0.05, 0.1) is 11.9 Å². The van der Waals surface area contributed by atoms with Gasteiger partial charge < -0.3 is 15.2 Å². The maximum absolute atomic E-state index is 12.4. The third kappa shape index (κ3) is 4.34. The molecular weight excluding hydrogens is 338 g/mol. The summed E-state index contributed by atoms with van der Waals surface area (Å²) in [6, 6.07) is 12.2. The summed E-state index contributed by atoms with van der Waals surface area (Å²) in [5.74, 6) is 0.436. The summed E-state index contributed by atoms with van der Waals surface area (Å²) in [5.41, 5.74) is 3.43. The first-order chi connectivity index (χ1) is 13.3. The van der Waals surface area contributed by atoms with Gasteiger partial charge in [-0.15, -0.1) is 0 Å². The highest BCUT2D eigenvalue weighted by Crippen LogP contribution is 2.14. The van der Waals surface area contributed by atoms with Crippen molar-refractivity contribution in [2.45, 2.75) is 25.8 Å². The van der Waals surface area contributed by atoms with Crippen LogP contribution in [0.5, 0.6) is 0 Å². The molecule has 4 rings (SSSR count). The first-order valence-electron chi connectivity index (χ1n) is 9.63. The number of amides is 1. The molecule has 27 heavy (non-hydrogen) atoms. The smallest absolute Gasteiger partial charge is 0.252 e. The Morgan fingerprint density at radius 3 is 2.96 bits per heavy atom. The topological polar surface area (TPSA) is 71.8 Å². The van der Waals surface area contributed by atoms with Crippen LogP contribution in [-0.4, -0.2) is 40.1 Å². The van der Waals surface area contributed by atoms with Crippen molar-refractivity contribution in [2.75, 3.05) is 19.6 Å². The lowest BCUT2D eigenvalue weighted by Gasteiger charge is -2.22. The Hall–Kier alpha value is -2.73. The quantitative estimate of drug-likeness (QED) is 0.705. The number of carbonyl (C=O) groups is 1. The van der Waals surface area contributed by atoms with Crippen LogP contribution in [-0.2, 0) is 13.0 Å². The van der Waals surface area contributed by atoms with Crippen LogP contribution in [0.2, 0.25) is 0 Å². The Kier molecular flexibility index (Phi) is 5.44. The number of fused-ring (bicyclic) bond motifs is 1. The van der Waals surface area contributed by atoms with E-state index in [1.165, 1.54) is 12.0 Å². The fourth-order valence-electron chi connectivity index (χ4n) is 3.57. The van der Waals surface area contributed by atoms with Gasteiger partial charge in [0.15, 0.2) is 5.65 Å². The normalized spacial score (nSPS) is 17.1. The molecule has 2 aromatic heterocycles. The van der Waals surface area contributed by atoms with E-state index < -0.39 is 0 Å². The molecule has 1 aromatic carbocycles. The average Bonchev–Trinajstić information content (AvgIpc) is 3.14. The van der Waals surface area contributed by atoms with Gasteiger partial charge in [0, 0.05) is 19.3 Å². The van der Waals surface area contributed by atoms with Crippen molar-refractivity contribution in [3.8, 4) is 0 Å². The maximum atomic E-state index is 12.4. The lowest BCUT2D eigenvalue weighted by molar-refractivity contribution is 0.0944. The fraction of sp³-hybridized carbons (Fsp3) is 0.381. The maximum Gasteiger partial charge on any atom is 0.252 e. The van der Waals surface area contributed by atoms with Crippen LogP contribution >= 0.6 is 0 Å². The number of rotatable bonds is 6. The zero-order chi connectivity index (χ0) is 18.5. The summed E-state index contributed by atoms with van der Waals surface area (Å²) in [7, 11) is 0. The van der Waals surface area contributed by atoms with Crippen LogP contribution in [0.15, 0.2) is 48.9 Å². The number of aromatic nitrogens is 3. The zero-order valence-electron chi connectivity index (χ0n) is 15.4. The molecule has 0 bridgehead atoms. The minimum absolute atomic E-state index is 0.0752. The van der Waals surface area contributed by atoms with Crippen LogP contribution in [0.3, 0.4) is 0 Å². The number of pyridine rings is 1. The number of hydrogen-bond acceptors (Lipinski definition) is 4. The first-order valence-corrected chi connectivity index (χ1v) is 9.63. The molecule has 140 valence electrons. The second-order valence-corrected chi connectivity index (χ2v) is 7.16. The molecule has 3 aromatic rings. The molecule has 0 saturated carbocycles. The third-order valence-electron chi connectivity index (χ3n) is 5.15. The van der Waals surface area contributed by atoms with Gasteiger partial charge >= 0.3 is 0 Å². The number of carbonyl (C=O) groups excluding carboxylic acids is 1. The summed E-state index contributed by atoms with van der Waals surface area (Å²) >= 11 is 0. The number of aryl methyl sites for hydroxylation is 2. The summed E-state index contributed by atoms with van der Waals surface area (Å²) in [4.78, 5) is 21.4. The van der Waals surface area contributed by atoms with E-state index in [0.717, 1.165) is 43.6 Å². The summed E-state index contributed by atoms with van der Waals surface area (Å²) in [6.45, 7) is 3.57. The molecule has 0 spiro atoms. The molecule has 2 N–H and O–H groups in total. The number of hydrogen-bond donors (Lipinski definition) is 2. The largest absolute Gasteiger partial charge is 0.352 e. The van der Waals surface area contributed by atoms with Crippen molar-refractivity contribution in [2.24, 2.45) is 5.92 Å². The predicted molar refractivity (Wildman–Crippen MR) is 106 cm³/mol. The second kappa shape index (κ2) is 8.31. The van der Waals surface area contributed by atoms with Gasteiger partial charge in [-0.25, -0.2) is 9.97 Å². The first kappa shape index (κ1) is 17.7. The van der Waals surface area contributed by atoms with E-state index in [1.54, 1.807) is 12.5 Å². The van der Waals surface area contributed by atoms with Gasteiger partial charge in [0.25, 0.3) is 5.91 Å². The third-order valence-corrected chi connectivity index (χ3v) is 5.15. The summed E-state index contributed by atoms with van der Waals surface area (Å²) in [6.07, 6.45) is 6.71. The Balaban J connectivity index is 1.39. The van der Waals surface area contributed by atoms with Gasteiger partial charge in [-0.2, -0.15) is 0 Å². The molecular formula is C21H25N5O. The van der Waals surface area contributed by atoms with E-state index >= 15 is 0 Å². The zero-order valence-corrected chi connectivity index (χ0v) is 15.4. The van der Waals surface area contributed by atoms with Gasteiger partial charge in [-0.1, -0.05) is 30.3 Å². The summed E-state index contributed by atoms with van der Waals surface area (Å²) in [5, 5.41) is 6.41. The van der Waals surface area contributed by atoms with E-state index in [0.29, 0.717) is 18.0 Å². The molecule has 1 aliphatic rings. The van der Waals surface area contributed by atoms with Crippen LogP contribution < -0.4 is 10.6 Å². The summed E-state index contributed by atoms with van der Waals surface area (Å²) < 4.78 is 2.04. The molecule has 1 atom stereocenters. The van der Waals surface area contributed by atoms with E-state index in [-0.39, 0.29) is 5.91 Å². The van der Waals surface area contributed by atoms with E-state index in [4.69, 9.17) is 0 Å². The lowest BCUT2D eigenvalue weighted by atomic mass is 10.00.